The second-order valence-corrected chi connectivity index (χ2v) is 7.10. The molecule has 0 bridgehead atoms. The average Bonchev–Trinajstić information content (AvgIpc) is 2.56. The number of benzene rings is 1. The van der Waals surface area contributed by atoms with Gasteiger partial charge in [-0.3, -0.25) is 14.5 Å². The smallest absolute Gasteiger partial charge is 0.319 e. The number of carbonyl (C=O) groups is 3. The number of hydrogen-bond acceptors (Lipinski definition) is 4. The molecule has 27 heavy (non-hydrogen) atoms. The minimum Gasteiger partial charge on any atom is -0.480 e. The Morgan fingerprint density at radius 1 is 1.19 bits per heavy atom. The van der Waals surface area contributed by atoms with Gasteiger partial charge in [0.05, 0.1) is 6.54 Å². The second-order valence-electron chi connectivity index (χ2n) is 7.10. The fourth-order valence-corrected chi connectivity index (χ4v) is 2.99. The summed E-state index contributed by atoms with van der Waals surface area (Å²) in [5.74, 6) is -1.05. The molecule has 0 radical (unpaired) electrons. The molecule has 0 aromatic heterocycles. The molecule has 1 aliphatic rings. The van der Waals surface area contributed by atoms with Crippen LogP contribution in [0.2, 0.25) is 0 Å². The summed E-state index contributed by atoms with van der Waals surface area (Å²) in [6.45, 7) is 6.25. The van der Waals surface area contributed by atoms with Gasteiger partial charge >= 0.3 is 12.0 Å². The molecule has 0 saturated heterocycles. The van der Waals surface area contributed by atoms with Crippen molar-refractivity contribution in [1.82, 2.24) is 10.2 Å². The van der Waals surface area contributed by atoms with E-state index in [0.717, 1.165) is 12.8 Å². The van der Waals surface area contributed by atoms with E-state index in [-0.39, 0.29) is 36.5 Å². The first-order valence-electron chi connectivity index (χ1n) is 9.22. The molecule has 1 saturated carbocycles. The van der Waals surface area contributed by atoms with Crippen LogP contribution in [0.25, 0.3) is 0 Å². The normalized spacial score (nSPS) is 18.7. The van der Waals surface area contributed by atoms with Crippen molar-refractivity contribution >= 4 is 29.3 Å². The SMILES string of the molecule is CCN(CC(=O)O)C1CC(NC(=O)Nc2cccc(NC(=O)C(C)C)c2)C1. The number of nitrogens with zero attached hydrogens (tertiary/aromatic N) is 1. The Kier molecular flexibility index (Phi) is 7.18. The lowest BCUT2D eigenvalue weighted by atomic mass is 9.85. The molecule has 0 spiro atoms. The summed E-state index contributed by atoms with van der Waals surface area (Å²) in [4.78, 5) is 36.7. The maximum absolute atomic E-state index is 12.2. The Morgan fingerprint density at radius 3 is 2.37 bits per heavy atom. The summed E-state index contributed by atoms with van der Waals surface area (Å²) in [5.41, 5.74) is 1.22. The van der Waals surface area contributed by atoms with Crippen LogP contribution in [0.5, 0.6) is 0 Å². The van der Waals surface area contributed by atoms with Crippen molar-refractivity contribution in [3.05, 3.63) is 24.3 Å². The summed E-state index contributed by atoms with van der Waals surface area (Å²) in [5, 5.41) is 17.4. The van der Waals surface area contributed by atoms with Gasteiger partial charge in [0, 0.05) is 29.4 Å². The van der Waals surface area contributed by atoms with Gasteiger partial charge in [0.25, 0.3) is 0 Å². The molecule has 0 unspecified atom stereocenters. The zero-order valence-electron chi connectivity index (χ0n) is 16.0. The van der Waals surface area contributed by atoms with E-state index in [1.54, 1.807) is 24.3 Å². The van der Waals surface area contributed by atoms with E-state index in [4.69, 9.17) is 5.11 Å². The minimum absolute atomic E-state index is 0.0228. The van der Waals surface area contributed by atoms with Crippen molar-refractivity contribution in [2.75, 3.05) is 23.7 Å². The van der Waals surface area contributed by atoms with Crippen molar-refractivity contribution in [3.63, 3.8) is 0 Å². The van der Waals surface area contributed by atoms with Crippen molar-refractivity contribution < 1.29 is 19.5 Å². The Bertz CT molecular complexity index is 686. The van der Waals surface area contributed by atoms with E-state index >= 15 is 0 Å². The van der Waals surface area contributed by atoms with Crippen LogP contribution in [0, 0.1) is 5.92 Å². The summed E-state index contributed by atoms with van der Waals surface area (Å²) < 4.78 is 0. The molecule has 2 rings (SSSR count). The summed E-state index contributed by atoms with van der Waals surface area (Å²) in [6.07, 6.45) is 1.47. The zero-order valence-corrected chi connectivity index (χ0v) is 16.0. The third-order valence-electron chi connectivity index (χ3n) is 4.62. The first-order valence-corrected chi connectivity index (χ1v) is 9.22. The molecule has 0 heterocycles. The number of carboxylic acid groups (broad SMARTS) is 1. The molecular formula is C19H28N4O4. The van der Waals surface area contributed by atoms with E-state index in [1.165, 1.54) is 0 Å². The van der Waals surface area contributed by atoms with Gasteiger partial charge in [0.2, 0.25) is 5.91 Å². The van der Waals surface area contributed by atoms with Crippen LogP contribution in [0.3, 0.4) is 0 Å². The van der Waals surface area contributed by atoms with Crippen LogP contribution in [-0.2, 0) is 9.59 Å². The first-order chi connectivity index (χ1) is 12.8. The lowest BCUT2D eigenvalue weighted by Crippen LogP contribution is -2.55. The Balaban J connectivity index is 1.80. The number of carboxylic acids is 1. The average molecular weight is 376 g/mol. The Hall–Kier alpha value is -2.61. The molecule has 1 aliphatic carbocycles. The lowest BCUT2D eigenvalue weighted by Gasteiger charge is -2.42. The third-order valence-corrected chi connectivity index (χ3v) is 4.62. The Morgan fingerprint density at radius 2 is 1.81 bits per heavy atom. The van der Waals surface area contributed by atoms with Crippen molar-refractivity contribution in [2.45, 2.75) is 45.7 Å². The molecular weight excluding hydrogens is 348 g/mol. The quantitative estimate of drug-likeness (QED) is 0.557. The van der Waals surface area contributed by atoms with Gasteiger partial charge < -0.3 is 21.1 Å². The first kappa shape index (κ1) is 20.7. The van der Waals surface area contributed by atoms with E-state index in [2.05, 4.69) is 16.0 Å². The van der Waals surface area contributed by atoms with Gasteiger partial charge in [0.15, 0.2) is 0 Å². The monoisotopic (exact) mass is 376 g/mol. The number of carbonyl (C=O) groups excluding carboxylic acids is 2. The van der Waals surface area contributed by atoms with Gasteiger partial charge in [-0.1, -0.05) is 26.8 Å². The number of urea groups is 1. The number of rotatable bonds is 8. The molecule has 8 nitrogen and oxygen atoms in total. The van der Waals surface area contributed by atoms with Crippen LogP contribution in [0.4, 0.5) is 16.2 Å². The highest BCUT2D eigenvalue weighted by Crippen LogP contribution is 2.25. The number of nitrogens with one attached hydrogen (secondary N) is 3. The van der Waals surface area contributed by atoms with E-state index in [0.29, 0.717) is 17.9 Å². The number of likely N-dealkylation sites (N-methyl/N-ethyl adjacent to an activating group) is 1. The molecule has 1 aromatic carbocycles. The Labute approximate surface area is 159 Å². The highest BCUT2D eigenvalue weighted by atomic mass is 16.4. The highest BCUT2D eigenvalue weighted by molar-refractivity contribution is 5.94. The van der Waals surface area contributed by atoms with E-state index in [1.807, 2.05) is 25.7 Å². The maximum atomic E-state index is 12.2. The molecule has 148 valence electrons. The van der Waals surface area contributed by atoms with E-state index in [9.17, 15) is 14.4 Å². The molecule has 8 heteroatoms. The van der Waals surface area contributed by atoms with Gasteiger partial charge in [-0.15, -0.1) is 0 Å². The molecule has 3 amide bonds. The number of anilines is 2. The van der Waals surface area contributed by atoms with Gasteiger partial charge in [-0.2, -0.15) is 0 Å². The van der Waals surface area contributed by atoms with E-state index < -0.39 is 5.97 Å². The summed E-state index contributed by atoms with van der Waals surface area (Å²) in [6, 6.07) is 6.88. The molecule has 0 atom stereocenters. The molecule has 4 N–H and O–H groups in total. The van der Waals surface area contributed by atoms with Crippen molar-refractivity contribution in [3.8, 4) is 0 Å². The van der Waals surface area contributed by atoms with Crippen LogP contribution < -0.4 is 16.0 Å². The lowest BCUT2D eigenvalue weighted by molar-refractivity contribution is -0.139. The van der Waals surface area contributed by atoms with Gasteiger partial charge in [-0.25, -0.2) is 4.79 Å². The predicted molar refractivity (Wildman–Crippen MR) is 104 cm³/mol. The highest BCUT2D eigenvalue weighted by Gasteiger charge is 2.34. The minimum atomic E-state index is -0.838. The van der Waals surface area contributed by atoms with Gasteiger partial charge in [0.1, 0.15) is 0 Å². The number of amides is 3. The fourth-order valence-electron chi connectivity index (χ4n) is 2.99. The second kappa shape index (κ2) is 9.36. The van der Waals surface area contributed by atoms with Crippen LogP contribution >= 0.6 is 0 Å². The summed E-state index contributed by atoms with van der Waals surface area (Å²) in [7, 11) is 0. The molecule has 1 fully saturated rings. The largest absolute Gasteiger partial charge is 0.480 e. The van der Waals surface area contributed by atoms with Gasteiger partial charge in [-0.05, 0) is 37.6 Å². The zero-order chi connectivity index (χ0) is 20.0. The van der Waals surface area contributed by atoms with Crippen molar-refractivity contribution in [2.24, 2.45) is 5.92 Å². The molecule has 0 aliphatic heterocycles. The van der Waals surface area contributed by atoms with Crippen LogP contribution in [-0.4, -0.2) is 53.1 Å². The van der Waals surface area contributed by atoms with Crippen LogP contribution in [0.15, 0.2) is 24.3 Å². The van der Waals surface area contributed by atoms with Crippen molar-refractivity contribution in [1.29, 1.82) is 0 Å². The number of aliphatic carboxylic acids is 1. The number of hydrogen-bond donors (Lipinski definition) is 4. The maximum Gasteiger partial charge on any atom is 0.319 e. The topological polar surface area (TPSA) is 111 Å². The fraction of sp³-hybridized carbons (Fsp3) is 0.526. The third kappa shape index (κ3) is 6.25. The standard InChI is InChI=1S/C19H28N4O4/c1-4-23(11-17(24)25)16-9-15(10-16)22-19(27)21-14-7-5-6-13(8-14)20-18(26)12(2)3/h5-8,12,15-16H,4,9-11H2,1-3H3,(H,20,26)(H,24,25)(H2,21,22,27). The molecule has 1 aromatic rings. The summed E-state index contributed by atoms with van der Waals surface area (Å²) >= 11 is 0. The predicted octanol–water partition coefficient (Wildman–Crippen LogP) is 2.34. The van der Waals surface area contributed by atoms with Crippen LogP contribution in [0.1, 0.15) is 33.6 Å².